The Hall–Kier alpha value is -3.14. The number of hydrogen-bond donors (Lipinski definition) is 2. The summed E-state index contributed by atoms with van der Waals surface area (Å²) in [6.07, 6.45) is 0. The van der Waals surface area contributed by atoms with Gasteiger partial charge in [-0.3, -0.25) is 29.8 Å². The lowest BCUT2D eigenvalue weighted by Crippen LogP contribution is -2.42. The number of carbonyl (C=O) groups is 2. The van der Waals surface area contributed by atoms with Crippen LogP contribution in [0.3, 0.4) is 0 Å². The van der Waals surface area contributed by atoms with Crippen molar-refractivity contribution in [3.05, 3.63) is 86.0 Å². The van der Waals surface area contributed by atoms with Crippen molar-refractivity contribution in [2.45, 2.75) is 19.0 Å². The summed E-state index contributed by atoms with van der Waals surface area (Å²) in [4.78, 5) is 44.3. The fourth-order valence-corrected chi connectivity index (χ4v) is 5.15. The maximum Gasteiger partial charge on any atom is 0.269 e. The molecular formula is C23H19ClN4O3S2. The number of thioether (sulfide) groups is 1. The van der Waals surface area contributed by atoms with Crippen LogP contribution in [0.25, 0.3) is 15.9 Å². The first-order chi connectivity index (χ1) is 15.8. The van der Waals surface area contributed by atoms with Gasteiger partial charge < -0.3 is 0 Å². The molecule has 0 aliphatic carbocycles. The van der Waals surface area contributed by atoms with Crippen LogP contribution in [0.2, 0.25) is 5.02 Å². The highest BCUT2D eigenvalue weighted by Crippen LogP contribution is 2.29. The molecule has 4 rings (SSSR count). The average molecular weight is 499 g/mol. The second-order valence-corrected chi connectivity index (χ2v) is 9.71. The highest BCUT2D eigenvalue weighted by atomic mass is 35.5. The van der Waals surface area contributed by atoms with E-state index < -0.39 is 11.8 Å². The predicted molar refractivity (Wildman–Crippen MR) is 132 cm³/mol. The number of nitrogens with zero attached hydrogens (tertiary/aromatic N) is 2. The van der Waals surface area contributed by atoms with E-state index in [1.54, 1.807) is 24.3 Å². The fourth-order valence-electron chi connectivity index (χ4n) is 3.14. The summed E-state index contributed by atoms with van der Waals surface area (Å²) in [6, 6.07) is 15.5. The van der Waals surface area contributed by atoms with Gasteiger partial charge in [-0.1, -0.05) is 41.6 Å². The van der Waals surface area contributed by atoms with E-state index in [0.717, 1.165) is 22.2 Å². The van der Waals surface area contributed by atoms with Gasteiger partial charge in [-0.25, -0.2) is 4.98 Å². The lowest BCUT2D eigenvalue weighted by atomic mass is 10.2. The van der Waals surface area contributed by atoms with Crippen LogP contribution in [0.1, 0.15) is 20.8 Å². The normalized spacial score (nSPS) is 10.9. The molecule has 0 aliphatic rings. The average Bonchev–Trinajstić information content (AvgIpc) is 3.10. The number of hydrazine groups is 1. The Labute approximate surface area is 202 Å². The molecule has 2 amide bonds. The first kappa shape index (κ1) is 23.0. The zero-order valence-corrected chi connectivity index (χ0v) is 20.1. The lowest BCUT2D eigenvalue weighted by Gasteiger charge is -2.12. The SMILES string of the molecule is Cc1sc2nc(SCC(=O)NNC(=O)c3ccc(Cl)cc3)n(-c3ccccc3)c(=O)c2c1C. The van der Waals surface area contributed by atoms with Crippen LogP contribution in [0.4, 0.5) is 0 Å². The molecule has 0 radical (unpaired) electrons. The molecule has 2 heterocycles. The molecule has 7 nitrogen and oxygen atoms in total. The van der Waals surface area contributed by atoms with E-state index in [2.05, 4.69) is 15.8 Å². The van der Waals surface area contributed by atoms with Crippen LogP contribution in [-0.4, -0.2) is 27.1 Å². The summed E-state index contributed by atoms with van der Waals surface area (Å²) >= 11 is 8.40. The minimum absolute atomic E-state index is 0.0466. The highest BCUT2D eigenvalue weighted by molar-refractivity contribution is 7.99. The minimum atomic E-state index is -0.463. The van der Waals surface area contributed by atoms with E-state index in [0.29, 0.717) is 31.6 Å². The number of fused-ring (bicyclic) bond motifs is 1. The lowest BCUT2D eigenvalue weighted by molar-refractivity contribution is -0.119. The van der Waals surface area contributed by atoms with Gasteiger partial charge in [0, 0.05) is 15.5 Å². The number of hydrogen-bond acceptors (Lipinski definition) is 6. The largest absolute Gasteiger partial charge is 0.272 e. The van der Waals surface area contributed by atoms with E-state index in [1.807, 2.05) is 44.2 Å². The number of para-hydroxylation sites is 1. The van der Waals surface area contributed by atoms with E-state index >= 15 is 0 Å². The molecule has 4 aromatic rings. The molecule has 0 bridgehead atoms. The van der Waals surface area contributed by atoms with Crippen molar-refractivity contribution in [2.24, 2.45) is 0 Å². The van der Waals surface area contributed by atoms with Crippen molar-refractivity contribution >= 4 is 56.7 Å². The molecule has 0 saturated carbocycles. The zero-order chi connectivity index (χ0) is 23.5. The quantitative estimate of drug-likeness (QED) is 0.243. The van der Waals surface area contributed by atoms with E-state index in [4.69, 9.17) is 11.6 Å². The van der Waals surface area contributed by atoms with Gasteiger partial charge in [0.15, 0.2) is 5.16 Å². The minimum Gasteiger partial charge on any atom is -0.272 e. The van der Waals surface area contributed by atoms with Crippen molar-refractivity contribution < 1.29 is 9.59 Å². The first-order valence-corrected chi connectivity index (χ1v) is 12.1. The van der Waals surface area contributed by atoms with E-state index in [1.165, 1.54) is 15.9 Å². The molecule has 2 aromatic heterocycles. The molecule has 0 unspecified atom stereocenters. The smallest absolute Gasteiger partial charge is 0.269 e. The van der Waals surface area contributed by atoms with Gasteiger partial charge in [-0.05, 0) is 55.8 Å². The maximum atomic E-state index is 13.4. The predicted octanol–water partition coefficient (Wildman–Crippen LogP) is 4.27. The second-order valence-electron chi connectivity index (χ2n) is 7.13. The summed E-state index contributed by atoms with van der Waals surface area (Å²) in [7, 11) is 0. The van der Waals surface area contributed by atoms with E-state index in [-0.39, 0.29) is 11.3 Å². The first-order valence-electron chi connectivity index (χ1n) is 9.91. The molecule has 0 aliphatic heterocycles. The molecule has 168 valence electrons. The number of nitrogens with one attached hydrogen (secondary N) is 2. The van der Waals surface area contributed by atoms with Gasteiger partial charge in [0.2, 0.25) is 5.91 Å². The Morgan fingerprint density at radius 1 is 1.06 bits per heavy atom. The Morgan fingerprint density at radius 3 is 2.45 bits per heavy atom. The van der Waals surface area contributed by atoms with Gasteiger partial charge in [0.25, 0.3) is 11.5 Å². The molecule has 2 N–H and O–H groups in total. The van der Waals surface area contributed by atoms with Crippen LogP contribution in [-0.2, 0) is 4.79 Å². The molecule has 0 atom stereocenters. The third-order valence-electron chi connectivity index (χ3n) is 4.94. The number of carbonyl (C=O) groups excluding carboxylic acids is 2. The Balaban J connectivity index is 1.54. The Morgan fingerprint density at radius 2 is 1.76 bits per heavy atom. The number of halogens is 1. The molecule has 2 aromatic carbocycles. The number of aromatic nitrogens is 2. The van der Waals surface area contributed by atoms with Gasteiger partial charge in [-0.2, -0.15) is 0 Å². The summed E-state index contributed by atoms with van der Waals surface area (Å²) in [6.45, 7) is 3.87. The monoisotopic (exact) mass is 498 g/mol. The van der Waals surface area contributed by atoms with Crippen LogP contribution in [0.15, 0.2) is 64.5 Å². The number of rotatable bonds is 5. The van der Waals surface area contributed by atoms with Crippen molar-refractivity contribution in [3.8, 4) is 5.69 Å². The molecule has 33 heavy (non-hydrogen) atoms. The third-order valence-corrected chi connectivity index (χ3v) is 7.23. The zero-order valence-electron chi connectivity index (χ0n) is 17.7. The van der Waals surface area contributed by atoms with Crippen LogP contribution in [0.5, 0.6) is 0 Å². The van der Waals surface area contributed by atoms with Crippen LogP contribution in [0, 0.1) is 13.8 Å². The van der Waals surface area contributed by atoms with Crippen molar-refractivity contribution in [2.75, 3.05) is 5.75 Å². The van der Waals surface area contributed by atoms with E-state index in [9.17, 15) is 14.4 Å². The van der Waals surface area contributed by atoms with Crippen molar-refractivity contribution in [1.82, 2.24) is 20.4 Å². The number of thiophene rings is 1. The maximum absolute atomic E-state index is 13.4. The molecular weight excluding hydrogens is 480 g/mol. The molecule has 10 heteroatoms. The molecule has 0 saturated heterocycles. The summed E-state index contributed by atoms with van der Waals surface area (Å²) in [5.74, 6) is -0.945. The molecule has 0 spiro atoms. The summed E-state index contributed by atoms with van der Waals surface area (Å²) in [5, 5.41) is 1.50. The summed E-state index contributed by atoms with van der Waals surface area (Å²) < 4.78 is 1.52. The van der Waals surface area contributed by atoms with Crippen molar-refractivity contribution in [3.63, 3.8) is 0 Å². The standard InChI is InChI=1S/C23H19ClN4O3S2/c1-13-14(2)33-21-19(13)22(31)28(17-6-4-3-5-7-17)23(25-21)32-12-18(29)26-27-20(30)15-8-10-16(24)11-9-15/h3-11H,12H2,1-2H3,(H,26,29)(H,27,30). The highest BCUT2D eigenvalue weighted by Gasteiger charge is 2.19. The number of aryl methyl sites for hydroxylation is 2. The topological polar surface area (TPSA) is 93.1 Å². The van der Waals surface area contributed by atoms with Gasteiger partial charge in [0.05, 0.1) is 16.8 Å². The second kappa shape index (κ2) is 9.78. The number of amides is 2. The Kier molecular flexibility index (Phi) is 6.83. The molecule has 0 fully saturated rings. The van der Waals surface area contributed by atoms with Crippen LogP contribution >= 0.6 is 34.7 Å². The number of benzene rings is 2. The van der Waals surface area contributed by atoms with Gasteiger partial charge in [-0.15, -0.1) is 11.3 Å². The third kappa shape index (κ3) is 4.95. The van der Waals surface area contributed by atoms with Gasteiger partial charge in [0.1, 0.15) is 4.83 Å². The Bertz CT molecular complexity index is 1400. The summed E-state index contributed by atoms with van der Waals surface area (Å²) in [5.41, 5.74) is 6.52. The van der Waals surface area contributed by atoms with Crippen LogP contribution < -0.4 is 16.4 Å². The van der Waals surface area contributed by atoms with Crippen molar-refractivity contribution in [1.29, 1.82) is 0 Å². The fraction of sp³-hybridized carbons (Fsp3) is 0.130. The van der Waals surface area contributed by atoms with Gasteiger partial charge >= 0.3 is 0 Å².